The molecule has 0 bridgehead atoms. The lowest BCUT2D eigenvalue weighted by Gasteiger charge is -2.28. The first kappa shape index (κ1) is 29.1. The second-order valence-electron chi connectivity index (χ2n) is 9.18. The summed E-state index contributed by atoms with van der Waals surface area (Å²) in [5.74, 6) is 0.0689. The van der Waals surface area contributed by atoms with E-state index in [1.807, 2.05) is 0 Å². The SMILES string of the molecule is CNS(=O)(=O)Nc1cccc(Cc2c(CN3CCNCC3)c3cc(Cl)c(OC(=O)N(C)C)cc3oc2=O)c1Cl. The maximum atomic E-state index is 13.4. The molecule has 0 aliphatic carbocycles. The smallest absolute Gasteiger partial charge is 0.414 e. The molecule has 1 saturated heterocycles. The van der Waals surface area contributed by atoms with Crippen molar-refractivity contribution in [3.05, 3.63) is 67.5 Å². The molecule has 210 valence electrons. The van der Waals surface area contributed by atoms with E-state index in [0.29, 0.717) is 28.6 Å². The minimum absolute atomic E-state index is 0.0689. The molecule has 14 heteroatoms. The standard InChI is InChI=1S/C25H29Cl2N5O6S/c1-28-39(35,36)30-20-6-4-5-15(23(20)27)11-17-18(14-32-9-7-29-8-10-32)16-12-19(26)22(38-25(34)31(2)3)13-21(16)37-24(17)33/h4-6,12-13,28-30H,7-11,14H2,1-3H3. The third-order valence-electron chi connectivity index (χ3n) is 6.29. The number of nitrogens with zero attached hydrogens (tertiary/aromatic N) is 2. The van der Waals surface area contributed by atoms with Crippen molar-refractivity contribution in [1.82, 2.24) is 19.8 Å². The Labute approximate surface area is 236 Å². The van der Waals surface area contributed by atoms with Crippen molar-refractivity contribution in [3.8, 4) is 5.75 Å². The Kier molecular flexibility index (Phi) is 9.04. The number of rotatable bonds is 8. The van der Waals surface area contributed by atoms with Crippen LogP contribution in [-0.4, -0.2) is 71.6 Å². The van der Waals surface area contributed by atoms with E-state index in [1.54, 1.807) is 32.3 Å². The highest BCUT2D eigenvalue weighted by atomic mass is 35.5. The molecule has 3 aromatic rings. The maximum absolute atomic E-state index is 13.4. The van der Waals surface area contributed by atoms with Gasteiger partial charge in [-0.15, -0.1) is 0 Å². The summed E-state index contributed by atoms with van der Waals surface area (Å²) in [4.78, 5) is 29.0. The van der Waals surface area contributed by atoms with Gasteiger partial charge in [-0.05, 0) is 23.3 Å². The van der Waals surface area contributed by atoms with E-state index in [2.05, 4.69) is 19.7 Å². The van der Waals surface area contributed by atoms with Gasteiger partial charge in [0, 0.05) is 77.3 Å². The summed E-state index contributed by atoms with van der Waals surface area (Å²) in [6.45, 7) is 3.60. The molecule has 39 heavy (non-hydrogen) atoms. The number of hydrogen-bond acceptors (Lipinski definition) is 8. The third-order valence-corrected chi connectivity index (χ3v) is 8.05. The number of piperazine rings is 1. The number of fused-ring (bicyclic) bond motifs is 1. The minimum Gasteiger partial charge on any atom is -0.422 e. The van der Waals surface area contributed by atoms with Crippen LogP contribution in [0.4, 0.5) is 10.5 Å². The van der Waals surface area contributed by atoms with Crippen molar-refractivity contribution in [2.45, 2.75) is 13.0 Å². The van der Waals surface area contributed by atoms with Crippen molar-refractivity contribution in [2.75, 3.05) is 52.0 Å². The number of carbonyl (C=O) groups excluding carboxylic acids is 1. The molecule has 0 atom stereocenters. The number of halogens is 2. The molecule has 0 spiro atoms. The number of ether oxygens (including phenoxy) is 1. The summed E-state index contributed by atoms with van der Waals surface area (Å²) in [5, 5.41) is 4.25. The number of carbonyl (C=O) groups is 1. The highest BCUT2D eigenvalue weighted by Gasteiger charge is 2.23. The number of amides is 1. The molecule has 1 fully saturated rings. The van der Waals surface area contributed by atoms with E-state index >= 15 is 0 Å². The Balaban J connectivity index is 1.82. The lowest BCUT2D eigenvalue weighted by Crippen LogP contribution is -2.43. The van der Waals surface area contributed by atoms with E-state index in [9.17, 15) is 18.0 Å². The Morgan fingerprint density at radius 1 is 1.18 bits per heavy atom. The summed E-state index contributed by atoms with van der Waals surface area (Å²) in [6, 6.07) is 7.95. The summed E-state index contributed by atoms with van der Waals surface area (Å²) >= 11 is 13.1. The monoisotopic (exact) mass is 597 g/mol. The first-order valence-electron chi connectivity index (χ1n) is 12.1. The molecule has 0 unspecified atom stereocenters. The van der Waals surface area contributed by atoms with Gasteiger partial charge in [0.05, 0.1) is 15.7 Å². The Morgan fingerprint density at radius 2 is 1.90 bits per heavy atom. The highest BCUT2D eigenvalue weighted by molar-refractivity contribution is 7.90. The summed E-state index contributed by atoms with van der Waals surface area (Å²) in [7, 11) is 0.557. The average molecular weight is 599 g/mol. The fourth-order valence-electron chi connectivity index (χ4n) is 4.20. The van der Waals surface area contributed by atoms with Gasteiger partial charge in [-0.25, -0.2) is 14.3 Å². The van der Waals surface area contributed by atoms with Crippen LogP contribution in [0.25, 0.3) is 11.0 Å². The lowest BCUT2D eigenvalue weighted by molar-refractivity contribution is 0.172. The van der Waals surface area contributed by atoms with Crippen LogP contribution in [0.5, 0.6) is 5.75 Å². The number of hydrogen-bond donors (Lipinski definition) is 3. The Hall–Kier alpha value is -2.87. The first-order chi connectivity index (χ1) is 18.5. The van der Waals surface area contributed by atoms with Gasteiger partial charge in [-0.2, -0.15) is 8.42 Å². The average Bonchev–Trinajstić information content (AvgIpc) is 2.89. The van der Waals surface area contributed by atoms with Crippen molar-refractivity contribution in [2.24, 2.45) is 0 Å². The molecule has 1 aromatic heterocycles. The molecule has 11 nitrogen and oxygen atoms in total. The van der Waals surface area contributed by atoms with Crippen molar-refractivity contribution in [3.63, 3.8) is 0 Å². The van der Waals surface area contributed by atoms with Gasteiger partial charge < -0.3 is 19.4 Å². The minimum atomic E-state index is -3.80. The fraction of sp³-hybridized carbons (Fsp3) is 0.360. The van der Waals surface area contributed by atoms with Gasteiger partial charge in [0.2, 0.25) is 0 Å². The molecule has 3 N–H and O–H groups in total. The predicted molar refractivity (Wildman–Crippen MR) is 151 cm³/mol. The molecule has 1 aliphatic heterocycles. The van der Waals surface area contributed by atoms with Gasteiger partial charge in [-0.1, -0.05) is 35.3 Å². The second-order valence-corrected chi connectivity index (χ2v) is 11.6. The molecule has 0 saturated carbocycles. The van der Waals surface area contributed by atoms with E-state index < -0.39 is 21.9 Å². The van der Waals surface area contributed by atoms with Crippen LogP contribution in [0.3, 0.4) is 0 Å². The zero-order valence-electron chi connectivity index (χ0n) is 21.6. The summed E-state index contributed by atoms with van der Waals surface area (Å²) in [6.07, 6.45) is -0.539. The van der Waals surface area contributed by atoms with E-state index in [1.165, 1.54) is 24.1 Å². The zero-order valence-corrected chi connectivity index (χ0v) is 24.0. The normalized spacial score (nSPS) is 14.4. The number of benzene rings is 2. The Morgan fingerprint density at radius 3 is 2.56 bits per heavy atom. The Bertz CT molecular complexity index is 1550. The largest absolute Gasteiger partial charge is 0.422 e. The lowest BCUT2D eigenvalue weighted by atomic mass is 9.97. The van der Waals surface area contributed by atoms with E-state index in [-0.39, 0.29) is 33.5 Å². The molecule has 1 amide bonds. The maximum Gasteiger partial charge on any atom is 0.414 e. The topological polar surface area (TPSA) is 133 Å². The van der Waals surface area contributed by atoms with Gasteiger partial charge >= 0.3 is 11.7 Å². The van der Waals surface area contributed by atoms with Crippen LogP contribution in [0.1, 0.15) is 16.7 Å². The number of anilines is 1. The zero-order chi connectivity index (χ0) is 28.3. The van der Waals surface area contributed by atoms with Crippen LogP contribution < -0.4 is 25.1 Å². The highest BCUT2D eigenvalue weighted by Crippen LogP contribution is 2.35. The van der Waals surface area contributed by atoms with Crippen LogP contribution in [0.15, 0.2) is 39.5 Å². The first-order valence-corrected chi connectivity index (χ1v) is 14.3. The van der Waals surface area contributed by atoms with Crippen LogP contribution in [0, 0.1) is 0 Å². The van der Waals surface area contributed by atoms with Crippen LogP contribution >= 0.6 is 23.2 Å². The molecule has 4 rings (SSSR count). The third kappa shape index (κ3) is 6.83. The molecule has 0 radical (unpaired) electrons. The van der Waals surface area contributed by atoms with Crippen molar-refractivity contribution in [1.29, 1.82) is 0 Å². The van der Waals surface area contributed by atoms with Gasteiger partial charge in [-0.3, -0.25) is 9.62 Å². The van der Waals surface area contributed by atoms with E-state index in [4.69, 9.17) is 32.4 Å². The molecular weight excluding hydrogens is 569 g/mol. The second kappa shape index (κ2) is 12.1. The van der Waals surface area contributed by atoms with Gasteiger partial charge in [0.1, 0.15) is 5.58 Å². The summed E-state index contributed by atoms with van der Waals surface area (Å²) < 4.78 is 39.6. The molecule has 2 aromatic carbocycles. The molecular formula is C25H29Cl2N5O6S. The molecule has 2 heterocycles. The van der Waals surface area contributed by atoms with Crippen molar-refractivity contribution < 1.29 is 22.4 Å². The summed E-state index contributed by atoms with van der Waals surface area (Å²) in [5.41, 5.74) is 1.41. The van der Waals surface area contributed by atoms with Gasteiger partial charge in [0.15, 0.2) is 5.75 Å². The molecule has 1 aliphatic rings. The van der Waals surface area contributed by atoms with Gasteiger partial charge in [0.25, 0.3) is 10.2 Å². The van der Waals surface area contributed by atoms with Crippen LogP contribution in [0.2, 0.25) is 10.0 Å². The van der Waals surface area contributed by atoms with Crippen LogP contribution in [-0.2, 0) is 23.2 Å². The predicted octanol–water partition coefficient (Wildman–Crippen LogP) is 3.03. The fourth-order valence-corrected chi connectivity index (χ4v) is 5.26. The van der Waals surface area contributed by atoms with E-state index in [0.717, 1.165) is 26.2 Å². The number of nitrogens with one attached hydrogen (secondary N) is 3. The van der Waals surface area contributed by atoms with Crippen molar-refractivity contribution >= 4 is 56.2 Å². The quantitative estimate of drug-likeness (QED) is 0.337.